The molecule has 27 heavy (non-hydrogen) atoms. The van der Waals surface area contributed by atoms with Crippen LogP contribution in [0.3, 0.4) is 0 Å². The molecular weight excluding hydrogens is 399 g/mol. The molecule has 0 fully saturated rings. The monoisotopic (exact) mass is 418 g/mol. The lowest BCUT2D eigenvalue weighted by Crippen LogP contribution is -2.17. The zero-order chi connectivity index (χ0) is 19.4. The quantitative estimate of drug-likeness (QED) is 0.482. The van der Waals surface area contributed by atoms with E-state index < -0.39 is 0 Å². The van der Waals surface area contributed by atoms with E-state index in [9.17, 15) is 4.79 Å². The Balaban J connectivity index is 2.14. The molecule has 0 bridgehead atoms. The van der Waals surface area contributed by atoms with Gasteiger partial charge in [-0.3, -0.25) is 4.79 Å². The molecule has 0 unspecified atom stereocenters. The average Bonchev–Trinajstić information content (AvgIpc) is 2.99. The summed E-state index contributed by atoms with van der Waals surface area (Å²) in [5, 5.41) is 1.23. The van der Waals surface area contributed by atoms with E-state index in [0.717, 1.165) is 30.6 Å². The van der Waals surface area contributed by atoms with Gasteiger partial charge >= 0.3 is 0 Å². The van der Waals surface area contributed by atoms with Crippen molar-refractivity contribution in [2.24, 2.45) is 4.99 Å². The molecule has 0 atom stereocenters. The Labute approximate surface area is 172 Å². The number of thiazole rings is 1. The number of nitrogens with zero attached hydrogens (tertiary/aromatic N) is 2. The maximum absolute atomic E-state index is 12.6. The molecule has 3 aromatic rings. The van der Waals surface area contributed by atoms with Crippen LogP contribution in [0.25, 0.3) is 11.3 Å². The zero-order valence-corrected chi connectivity index (χ0v) is 17.5. The van der Waals surface area contributed by atoms with Gasteiger partial charge in [0.25, 0.3) is 5.91 Å². The van der Waals surface area contributed by atoms with E-state index in [2.05, 4.69) is 23.4 Å². The van der Waals surface area contributed by atoms with Crippen molar-refractivity contribution < 1.29 is 4.79 Å². The predicted molar refractivity (Wildman–Crippen MR) is 114 cm³/mol. The fraction of sp³-hybridized carbons (Fsp3) is 0.238. The molecule has 3 rings (SSSR count). The van der Waals surface area contributed by atoms with Gasteiger partial charge in [0.1, 0.15) is 0 Å². The SMILES string of the molecule is CCCc1sc(=NC(=O)c2cccc(Cl)c2)n(CC)c1-c1ccc(Cl)cc1. The molecule has 0 saturated carbocycles. The van der Waals surface area contributed by atoms with E-state index in [1.54, 1.807) is 35.6 Å². The lowest BCUT2D eigenvalue weighted by atomic mass is 10.1. The minimum absolute atomic E-state index is 0.286. The molecule has 140 valence electrons. The van der Waals surface area contributed by atoms with Crippen LogP contribution >= 0.6 is 34.5 Å². The van der Waals surface area contributed by atoms with Crippen LogP contribution in [0.1, 0.15) is 35.5 Å². The van der Waals surface area contributed by atoms with Gasteiger partial charge in [0, 0.05) is 27.0 Å². The second-order valence-electron chi connectivity index (χ2n) is 6.08. The molecule has 1 heterocycles. The van der Waals surface area contributed by atoms with Gasteiger partial charge in [-0.25, -0.2) is 0 Å². The maximum Gasteiger partial charge on any atom is 0.279 e. The van der Waals surface area contributed by atoms with E-state index in [4.69, 9.17) is 23.2 Å². The first-order valence-corrected chi connectivity index (χ1v) is 10.4. The zero-order valence-electron chi connectivity index (χ0n) is 15.2. The van der Waals surface area contributed by atoms with Crippen molar-refractivity contribution in [3.8, 4) is 11.3 Å². The normalized spacial score (nSPS) is 11.8. The molecule has 0 aliphatic heterocycles. The summed E-state index contributed by atoms with van der Waals surface area (Å²) in [6, 6.07) is 14.7. The van der Waals surface area contributed by atoms with Crippen molar-refractivity contribution >= 4 is 40.4 Å². The molecule has 1 aromatic heterocycles. The summed E-state index contributed by atoms with van der Waals surface area (Å²) in [7, 11) is 0. The van der Waals surface area contributed by atoms with Crippen LogP contribution in [0.5, 0.6) is 0 Å². The van der Waals surface area contributed by atoms with Gasteiger partial charge in [-0.2, -0.15) is 4.99 Å². The highest BCUT2D eigenvalue weighted by atomic mass is 35.5. The standard InChI is InChI=1S/C21H20Cl2N2OS/c1-3-6-18-19(14-9-11-16(22)12-10-14)25(4-2)21(27-18)24-20(26)15-7-5-8-17(23)13-15/h5,7-13H,3-4,6H2,1-2H3. The van der Waals surface area contributed by atoms with Gasteiger partial charge in [0.2, 0.25) is 0 Å². The number of carbonyl (C=O) groups excluding carboxylic acids is 1. The maximum atomic E-state index is 12.6. The van der Waals surface area contributed by atoms with Gasteiger partial charge in [0.15, 0.2) is 4.80 Å². The first kappa shape index (κ1) is 19.9. The molecule has 0 aliphatic carbocycles. The highest BCUT2D eigenvalue weighted by Crippen LogP contribution is 2.28. The number of hydrogen-bond acceptors (Lipinski definition) is 2. The Morgan fingerprint density at radius 3 is 2.44 bits per heavy atom. The summed E-state index contributed by atoms with van der Waals surface area (Å²) >= 11 is 13.6. The molecule has 0 spiro atoms. The highest BCUT2D eigenvalue weighted by molar-refractivity contribution is 7.09. The van der Waals surface area contributed by atoms with Crippen LogP contribution < -0.4 is 4.80 Å². The third kappa shape index (κ3) is 4.52. The number of halogens is 2. The molecule has 1 amide bonds. The Morgan fingerprint density at radius 1 is 1.07 bits per heavy atom. The molecular formula is C21H20Cl2N2OS. The third-order valence-electron chi connectivity index (χ3n) is 4.16. The summed E-state index contributed by atoms with van der Waals surface area (Å²) in [4.78, 5) is 19.0. The van der Waals surface area contributed by atoms with Gasteiger partial charge < -0.3 is 4.57 Å². The molecule has 0 radical (unpaired) electrons. The van der Waals surface area contributed by atoms with Crippen molar-refractivity contribution in [1.29, 1.82) is 0 Å². The number of hydrogen-bond donors (Lipinski definition) is 0. The Hall–Kier alpha value is -1.88. The van der Waals surface area contributed by atoms with Gasteiger partial charge in [-0.05, 0) is 49.2 Å². The molecule has 6 heteroatoms. The molecule has 2 aromatic carbocycles. The Kier molecular flexibility index (Phi) is 6.53. The first-order chi connectivity index (χ1) is 13.0. The summed E-state index contributed by atoms with van der Waals surface area (Å²) in [5.41, 5.74) is 2.68. The molecule has 0 saturated heterocycles. The van der Waals surface area contributed by atoms with Crippen molar-refractivity contribution in [3.63, 3.8) is 0 Å². The lowest BCUT2D eigenvalue weighted by Gasteiger charge is -2.09. The summed E-state index contributed by atoms with van der Waals surface area (Å²) in [6.45, 7) is 4.93. The van der Waals surface area contributed by atoms with Crippen molar-refractivity contribution in [1.82, 2.24) is 4.57 Å². The number of aromatic nitrogens is 1. The highest BCUT2D eigenvalue weighted by Gasteiger charge is 2.15. The number of amides is 1. The average molecular weight is 419 g/mol. The number of rotatable bonds is 5. The van der Waals surface area contributed by atoms with Gasteiger partial charge in [-0.1, -0.05) is 54.7 Å². The Morgan fingerprint density at radius 2 is 1.81 bits per heavy atom. The largest absolute Gasteiger partial charge is 0.316 e. The van der Waals surface area contributed by atoms with E-state index in [-0.39, 0.29) is 5.91 Å². The number of carbonyl (C=O) groups is 1. The van der Waals surface area contributed by atoms with Gasteiger partial charge in [-0.15, -0.1) is 11.3 Å². The second-order valence-corrected chi connectivity index (χ2v) is 8.02. The minimum Gasteiger partial charge on any atom is -0.316 e. The summed E-state index contributed by atoms with van der Waals surface area (Å²) in [6.07, 6.45) is 1.95. The third-order valence-corrected chi connectivity index (χ3v) is 5.78. The van der Waals surface area contributed by atoms with Crippen molar-refractivity contribution in [2.45, 2.75) is 33.2 Å². The van der Waals surface area contributed by atoms with Crippen LogP contribution in [-0.2, 0) is 13.0 Å². The van der Waals surface area contributed by atoms with E-state index in [1.807, 2.05) is 24.3 Å². The minimum atomic E-state index is -0.286. The summed E-state index contributed by atoms with van der Waals surface area (Å²) in [5.74, 6) is -0.286. The Bertz CT molecular complexity index is 1020. The predicted octanol–water partition coefficient (Wildman–Crippen LogP) is 6.24. The van der Waals surface area contributed by atoms with Crippen LogP contribution in [-0.4, -0.2) is 10.5 Å². The van der Waals surface area contributed by atoms with E-state index in [1.165, 1.54) is 4.88 Å². The van der Waals surface area contributed by atoms with Gasteiger partial charge in [0.05, 0.1) is 5.69 Å². The molecule has 3 nitrogen and oxygen atoms in total. The van der Waals surface area contributed by atoms with Crippen LogP contribution in [0, 0.1) is 0 Å². The fourth-order valence-electron chi connectivity index (χ4n) is 2.93. The van der Waals surface area contributed by atoms with Crippen LogP contribution in [0.2, 0.25) is 10.0 Å². The fourth-order valence-corrected chi connectivity index (χ4v) is 4.56. The lowest BCUT2D eigenvalue weighted by molar-refractivity contribution is 0.0998. The summed E-state index contributed by atoms with van der Waals surface area (Å²) < 4.78 is 2.10. The molecule has 0 aliphatic rings. The van der Waals surface area contributed by atoms with Crippen LogP contribution in [0.4, 0.5) is 0 Å². The number of benzene rings is 2. The van der Waals surface area contributed by atoms with Crippen molar-refractivity contribution in [3.05, 3.63) is 73.8 Å². The number of aryl methyl sites for hydroxylation is 1. The first-order valence-electron chi connectivity index (χ1n) is 8.86. The molecule has 0 N–H and O–H groups in total. The van der Waals surface area contributed by atoms with Crippen LogP contribution in [0.15, 0.2) is 53.5 Å². The van der Waals surface area contributed by atoms with E-state index in [0.29, 0.717) is 20.4 Å². The van der Waals surface area contributed by atoms with E-state index >= 15 is 0 Å². The second kappa shape index (κ2) is 8.87. The topological polar surface area (TPSA) is 34.4 Å². The smallest absolute Gasteiger partial charge is 0.279 e. The van der Waals surface area contributed by atoms with Crippen molar-refractivity contribution in [2.75, 3.05) is 0 Å².